The summed E-state index contributed by atoms with van der Waals surface area (Å²) in [5, 5.41) is 0. The first-order valence-corrected chi connectivity index (χ1v) is 8.76. The van der Waals surface area contributed by atoms with Crippen molar-refractivity contribution >= 4 is 11.5 Å². The van der Waals surface area contributed by atoms with Gasteiger partial charge in [0.2, 0.25) is 6.79 Å². The van der Waals surface area contributed by atoms with E-state index < -0.39 is 11.9 Å². The molecule has 0 unspecified atom stereocenters. The van der Waals surface area contributed by atoms with Crippen molar-refractivity contribution in [1.82, 2.24) is 4.90 Å². The standard InChI is InChI=1S/C19H21NO5/c1-19(2)24-14-4-3-11-5-6-20(18(21)17(14)25-19)9-12-7-15-16(8-13(11)12)23-10-22-15/h3,7-8,14,17H,4-6,9-10H2,1-2H3/b11-3-/t14-,17+/m1/s1. The molecule has 6 heteroatoms. The van der Waals surface area contributed by atoms with Crippen LogP contribution in [0.4, 0.5) is 0 Å². The Morgan fingerprint density at radius 3 is 2.80 bits per heavy atom. The highest BCUT2D eigenvalue weighted by Gasteiger charge is 2.47. The molecule has 1 aromatic carbocycles. The van der Waals surface area contributed by atoms with E-state index in [0.717, 1.165) is 29.0 Å². The first-order chi connectivity index (χ1) is 12.0. The molecule has 132 valence electrons. The molecule has 0 radical (unpaired) electrons. The van der Waals surface area contributed by atoms with E-state index in [1.165, 1.54) is 5.57 Å². The van der Waals surface area contributed by atoms with Crippen LogP contribution in [0.1, 0.15) is 37.8 Å². The summed E-state index contributed by atoms with van der Waals surface area (Å²) in [4.78, 5) is 15.0. The van der Waals surface area contributed by atoms with Crippen molar-refractivity contribution in [2.24, 2.45) is 0 Å². The molecule has 1 saturated heterocycles. The van der Waals surface area contributed by atoms with Gasteiger partial charge in [-0.25, -0.2) is 0 Å². The van der Waals surface area contributed by atoms with E-state index in [9.17, 15) is 4.79 Å². The number of benzene rings is 1. The first-order valence-electron chi connectivity index (χ1n) is 8.76. The summed E-state index contributed by atoms with van der Waals surface area (Å²) in [7, 11) is 0. The molecule has 0 aromatic heterocycles. The third-order valence-electron chi connectivity index (χ3n) is 5.29. The molecule has 25 heavy (non-hydrogen) atoms. The summed E-state index contributed by atoms with van der Waals surface area (Å²) >= 11 is 0. The van der Waals surface area contributed by atoms with Crippen LogP contribution in [0, 0.1) is 0 Å². The van der Waals surface area contributed by atoms with Crippen LogP contribution >= 0.6 is 0 Å². The van der Waals surface area contributed by atoms with Gasteiger partial charge < -0.3 is 23.8 Å². The summed E-state index contributed by atoms with van der Waals surface area (Å²) in [5.41, 5.74) is 3.48. The van der Waals surface area contributed by atoms with Gasteiger partial charge in [0.05, 0.1) is 6.10 Å². The largest absolute Gasteiger partial charge is 0.454 e. The molecule has 4 aliphatic rings. The molecule has 4 aliphatic heterocycles. The van der Waals surface area contributed by atoms with Gasteiger partial charge in [0.25, 0.3) is 5.91 Å². The van der Waals surface area contributed by atoms with Crippen LogP contribution in [0.5, 0.6) is 11.5 Å². The molecule has 0 spiro atoms. The highest BCUT2D eigenvalue weighted by molar-refractivity contribution is 5.84. The van der Waals surface area contributed by atoms with Gasteiger partial charge in [0.1, 0.15) is 0 Å². The summed E-state index contributed by atoms with van der Waals surface area (Å²) in [5.74, 6) is 0.814. The van der Waals surface area contributed by atoms with Gasteiger partial charge in [0, 0.05) is 13.1 Å². The molecule has 0 aliphatic carbocycles. The summed E-state index contributed by atoms with van der Waals surface area (Å²) in [6, 6.07) is 4.05. The van der Waals surface area contributed by atoms with Gasteiger partial charge in [0.15, 0.2) is 23.4 Å². The molecule has 6 nitrogen and oxygen atoms in total. The monoisotopic (exact) mass is 343 g/mol. The predicted molar refractivity (Wildman–Crippen MR) is 89.0 cm³/mol. The maximum Gasteiger partial charge on any atom is 0.254 e. The minimum Gasteiger partial charge on any atom is -0.454 e. The Bertz CT molecular complexity index is 784. The average Bonchev–Trinajstić information content (AvgIpc) is 3.10. The second-order valence-electron chi connectivity index (χ2n) is 7.43. The van der Waals surface area contributed by atoms with Gasteiger partial charge in [-0.05, 0) is 55.5 Å². The Kier molecular flexibility index (Phi) is 3.18. The topological polar surface area (TPSA) is 57.2 Å². The fraction of sp³-hybridized carbons (Fsp3) is 0.526. The van der Waals surface area contributed by atoms with Crippen LogP contribution in [0.3, 0.4) is 0 Å². The molecule has 0 N–H and O–H groups in total. The zero-order valence-electron chi connectivity index (χ0n) is 14.4. The number of hydrogen-bond donors (Lipinski definition) is 0. The summed E-state index contributed by atoms with van der Waals surface area (Å²) < 4.78 is 23.0. The fourth-order valence-electron chi connectivity index (χ4n) is 4.14. The second kappa shape index (κ2) is 5.22. The van der Waals surface area contributed by atoms with E-state index in [0.29, 0.717) is 19.5 Å². The van der Waals surface area contributed by atoms with Gasteiger partial charge >= 0.3 is 0 Å². The van der Waals surface area contributed by atoms with Crippen molar-refractivity contribution in [2.45, 2.75) is 51.2 Å². The van der Waals surface area contributed by atoms with Crippen LogP contribution in [0.25, 0.3) is 5.57 Å². The highest BCUT2D eigenvalue weighted by atomic mass is 16.8. The zero-order valence-corrected chi connectivity index (χ0v) is 14.4. The Balaban J connectivity index is 1.60. The fourth-order valence-corrected chi connectivity index (χ4v) is 4.14. The van der Waals surface area contributed by atoms with Crippen LogP contribution in [0.15, 0.2) is 18.2 Å². The number of carbonyl (C=O) groups excluding carboxylic acids is 1. The van der Waals surface area contributed by atoms with E-state index in [1.54, 1.807) is 0 Å². The SMILES string of the molecule is CC1(C)O[C@@H]2C(=O)N3CC/C(=C/C[C@H]2O1)c1cc2c(cc1C3)OCO2. The number of ether oxygens (including phenoxy) is 4. The molecule has 4 heterocycles. The highest BCUT2D eigenvalue weighted by Crippen LogP contribution is 2.41. The van der Waals surface area contributed by atoms with Gasteiger partial charge in [-0.15, -0.1) is 0 Å². The number of carbonyl (C=O) groups is 1. The van der Waals surface area contributed by atoms with Crippen molar-refractivity contribution < 1.29 is 23.7 Å². The molecule has 0 saturated carbocycles. The number of amides is 1. The normalized spacial score (nSPS) is 31.4. The third-order valence-corrected chi connectivity index (χ3v) is 5.29. The summed E-state index contributed by atoms with van der Waals surface area (Å²) in [6.45, 7) is 5.21. The Hall–Kier alpha value is -2.05. The predicted octanol–water partition coefficient (Wildman–Crippen LogP) is 2.45. The van der Waals surface area contributed by atoms with Crippen LogP contribution < -0.4 is 9.47 Å². The van der Waals surface area contributed by atoms with Gasteiger partial charge in [-0.1, -0.05) is 6.08 Å². The van der Waals surface area contributed by atoms with E-state index in [2.05, 4.69) is 6.08 Å². The van der Waals surface area contributed by atoms with Crippen molar-refractivity contribution in [3.63, 3.8) is 0 Å². The van der Waals surface area contributed by atoms with Crippen molar-refractivity contribution in [3.8, 4) is 11.5 Å². The Labute approximate surface area is 146 Å². The average molecular weight is 343 g/mol. The van der Waals surface area contributed by atoms with Gasteiger partial charge in [-0.2, -0.15) is 0 Å². The van der Waals surface area contributed by atoms with Gasteiger partial charge in [-0.3, -0.25) is 4.79 Å². The third kappa shape index (κ3) is 2.43. The van der Waals surface area contributed by atoms with E-state index in [-0.39, 0.29) is 18.8 Å². The molecular weight excluding hydrogens is 322 g/mol. The minimum atomic E-state index is -0.729. The molecule has 1 aromatic rings. The van der Waals surface area contributed by atoms with Crippen molar-refractivity contribution in [1.29, 1.82) is 0 Å². The second-order valence-corrected chi connectivity index (χ2v) is 7.43. The summed E-state index contributed by atoms with van der Waals surface area (Å²) in [6.07, 6.45) is 2.90. The van der Waals surface area contributed by atoms with E-state index in [4.69, 9.17) is 18.9 Å². The maximum atomic E-state index is 13.1. The molecule has 2 atom stereocenters. The lowest BCUT2D eigenvalue weighted by Crippen LogP contribution is -2.43. The number of fused-ring (bicyclic) bond motifs is 7. The Morgan fingerprint density at radius 1 is 1.16 bits per heavy atom. The van der Waals surface area contributed by atoms with Crippen LogP contribution in [-0.2, 0) is 20.8 Å². The lowest BCUT2D eigenvalue weighted by Gasteiger charge is -2.25. The smallest absolute Gasteiger partial charge is 0.254 e. The van der Waals surface area contributed by atoms with E-state index >= 15 is 0 Å². The number of hydrogen-bond acceptors (Lipinski definition) is 5. The molecule has 5 rings (SSSR count). The first kappa shape index (κ1) is 15.2. The lowest BCUT2D eigenvalue weighted by molar-refractivity contribution is -0.161. The van der Waals surface area contributed by atoms with Crippen LogP contribution in [-0.4, -0.2) is 42.1 Å². The number of rotatable bonds is 0. The Morgan fingerprint density at radius 2 is 1.96 bits per heavy atom. The van der Waals surface area contributed by atoms with Crippen LogP contribution in [0.2, 0.25) is 0 Å². The molecular formula is C19H21NO5. The minimum absolute atomic E-state index is 0.00995. The molecule has 1 fully saturated rings. The van der Waals surface area contributed by atoms with Crippen molar-refractivity contribution in [2.75, 3.05) is 13.3 Å². The molecule has 1 amide bonds. The zero-order chi connectivity index (χ0) is 17.2. The van der Waals surface area contributed by atoms with E-state index in [1.807, 2.05) is 30.9 Å². The maximum absolute atomic E-state index is 13.1. The van der Waals surface area contributed by atoms with Crippen molar-refractivity contribution in [3.05, 3.63) is 29.3 Å². The molecule has 2 bridgehead atoms. The number of nitrogens with zero attached hydrogens (tertiary/aromatic N) is 1. The quantitative estimate of drug-likeness (QED) is 0.724. The lowest BCUT2D eigenvalue weighted by atomic mass is 9.95.